The number of amides is 1. The minimum Gasteiger partial charge on any atom is -0.351 e. The number of nitrogens with zero attached hydrogens (tertiary/aromatic N) is 1. The molecule has 0 saturated carbocycles. The summed E-state index contributed by atoms with van der Waals surface area (Å²) in [4.78, 5) is 14.5. The Labute approximate surface area is 140 Å². The molecular weight excluding hydrogens is 298 g/mol. The van der Waals surface area contributed by atoms with Gasteiger partial charge in [0, 0.05) is 13.1 Å². The van der Waals surface area contributed by atoms with Gasteiger partial charge in [0.05, 0.1) is 6.04 Å². The van der Waals surface area contributed by atoms with Crippen LogP contribution in [0, 0.1) is 0 Å². The van der Waals surface area contributed by atoms with E-state index in [1.807, 2.05) is 6.07 Å². The quantitative estimate of drug-likeness (QED) is 0.808. The highest BCUT2D eigenvalue weighted by Crippen LogP contribution is 2.12. The summed E-state index contributed by atoms with van der Waals surface area (Å²) < 4.78 is 0. The molecule has 1 saturated heterocycles. The maximum absolute atomic E-state index is 12.1. The van der Waals surface area contributed by atoms with Crippen molar-refractivity contribution in [2.75, 3.05) is 19.6 Å². The number of hydrogen-bond acceptors (Lipinski definition) is 3. The SMILES string of the molecule is CCN(CC)Cc1ccccc1CNC(=O)C1CCCN1.Cl. The number of rotatable bonds is 7. The van der Waals surface area contributed by atoms with Crippen molar-refractivity contribution in [2.24, 2.45) is 0 Å². The highest BCUT2D eigenvalue weighted by atomic mass is 35.5. The van der Waals surface area contributed by atoms with Gasteiger partial charge in [0.25, 0.3) is 0 Å². The van der Waals surface area contributed by atoms with E-state index >= 15 is 0 Å². The van der Waals surface area contributed by atoms with Crippen molar-refractivity contribution in [1.82, 2.24) is 15.5 Å². The molecule has 2 N–H and O–H groups in total. The van der Waals surface area contributed by atoms with Crippen LogP contribution in [0.5, 0.6) is 0 Å². The first-order valence-corrected chi connectivity index (χ1v) is 8.04. The summed E-state index contributed by atoms with van der Waals surface area (Å²) >= 11 is 0. The van der Waals surface area contributed by atoms with Crippen molar-refractivity contribution in [1.29, 1.82) is 0 Å². The number of nitrogens with one attached hydrogen (secondary N) is 2. The Balaban J connectivity index is 0.00000242. The average molecular weight is 326 g/mol. The molecule has 0 aromatic heterocycles. The summed E-state index contributed by atoms with van der Waals surface area (Å²) in [5.41, 5.74) is 2.52. The molecule has 1 heterocycles. The van der Waals surface area contributed by atoms with Crippen molar-refractivity contribution in [3.05, 3.63) is 35.4 Å². The zero-order valence-corrected chi connectivity index (χ0v) is 14.4. The minimum atomic E-state index is -0.0000515. The smallest absolute Gasteiger partial charge is 0.237 e. The molecule has 0 spiro atoms. The predicted molar refractivity (Wildman–Crippen MR) is 93.2 cm³/mol. The monoisotopic (exact) mass is 325 g/mol. The topological polar surface area (TPSA) is 44.4 Å². The third-order valence-electron chi connectivity index (χ3n) is 4.24. The number of hydrogen-bond donors (Lipinski definition) is 2. The van der Waals surface area contributed by atoms with Crippen LogP contribution < -0.4 is 10.6 Å². The van der Waals surface area contributed by atoms with Crippen molar-refractivity contribution in [2.45, 2.75) is 45.8 Å². The molecule has 4 nitrogen and oxygen atoms in total. The molecule has 124 valence electrons. The van der Waals surface area contributed by atoms with Gasteiger partial charge >= 0.3 is 0 Å². The van der Waals surface area contributed by atoms with Gasteiger partial charge in [-0.15, -0.1) is 12.4 Å². The molecule has 1 atom stereocenters. The first kappa shape index (κ1) is 18.9. The lowest BCUT2D eigenvalue weighted by atomic mass is 10.1. The zero-order valence-electron chi connectivity index (χ0n) is 13.6. The Hall–Kier alpha value is -1.10. The van der Waals surface area contributed by atoms with Crippen molar-refractivity contribution < 1.29 is 4.79 Å². The number of carbonyl (C=O) groups is 1. The fraction of sp³-hybridized carbons (Fsp3) is 0.588. The van der Waals surface area contributed by atoms with Gasteiger partial charge in [-0.2, -0.15) is 0 Å². The van der Waals surface area contributed by atoms with Crippen LogP contribution in [0.4, 0.5) is 0 Å². The Morgan fingerprint density at radius 3 is 2.55 bits per heavy atom. The Bertz CT molecular complexity index is 457. The van der Waals surface area contributed by atoms with Crippen LogP contribution in [0.1, 0.15) is 37.8 Å². The van der Waals surface area contributed by atoms with Crippen LogP contribution in [0.15, 0.2) is 24.3 Å². The highest BCUT2D eigenvalue weighted by molar-refractivity contribution is 5.85. The standard InChI is InChI=1S/C17H27N3O.ClH/c1-3-20(4-2)13-15-9-6-5-8-14(15)12-19-17(21)16-10-7-11-18-16;/h5-6,8-9,16,18H,3-4,7,10-13H2,1-2H3,(H,19,21);1H. The van der Waals surface area contributed by atoms with Crippen LogP contribution in [0.25, 0.3) is 0 Å². The lowest BCUT2D eigenvalue weighted by molar-refractivity contribution is -0.122. The molecule has 2 rings (SSSR count). The maximum Gasteiger partial charge on any atom is 0.237 e. The van der Waals surface area contributed by atoms with Gasteiger partial charge in [-0.05, 0) is 43.6 Å². The third-order valence-corrected chi connectivity index (χ3v) is 4.24. The molecule has 5 heteroatoms. The second kappa shape index (κ2) is 9.82. The van der Waals surface area contributed by atoms with E-state index in [1.54, 1.807) is 0 Å². The van der Waals surface area contributed by atoms with Crippen molar-refractivity contribution in [3.8, 4) is 0 Å². The van der Waals surface area contributed by atoms with E-state index in [0.29, 0.717) is 6.54 Å². The molecule has 1 unspecified atom stereocenters. The normalized spacial score (nSPS) is 17.3. The molecule has 1 fully saturated rings. The summed E-state index contributed by atoms with van der Waals surface area (Å²) in [5.74, 6) is 0.130. The summed E-state index contributed by atoms with van der Waals surface area (Å²) in [5, 5.41) is 6.31. The average Bonchev–Trinajstić information content (AvgIpc) is 3.05. The first-order chi connectivity index (χ1) is 10.2. The van der Waals surface area contributed by atoms with E-state index in [4.69, 9.17) is 0 Å². The summed E-state index contributed by atoms with van der Waals surface area (Å²) in [6.45, 7) is 8.97. The lowest BCUT2D eigenvalue weighted by Gasteiger charge is -2.20. The summed E-state index contributed by atoms with van der Waals surface area (Å²) in [6, 6.07) is 8.39. The zero-order chi connectivity index (χ0) is 15.1. The molecule has 0 bridgehead atoms. The fourth-order valence-corrected chi connectivity index (χ4v) is 2.79. The predicted octanol–water partition coefficient (Wildman–Crippen LogP) is 2.32. The van der Waals surface area contributed by atoms with E-state index < -0.39 is 0 Å². The van der Waals surface area contributed by atoms with Gasteiger partial charge in [0.1, 0.15) is 0 Å². The largest absolute Gasteiger partial charge is 0.351 e. The van der Waals surface area contributed by atoms with E-state index in [0.717, 1.165) is 39.0 Å². The number of halogens is 1. The van der Waals surface area contributed by atoms with Crippen LogP contribution in [0.3, 0.4) is 0 Å². The van der Waals surface area contributed by atoms with E-state index in [1.165, 1.54) is 11.1 Å². The lowest BCUT2D eigenvalue weighted by Crippen LogP contribution is -2.40. The van der Waals surface area contributed by atoms with Crippen LogP contribution >= 0.6 is 12.4 Å². The van der Waals surface area contributed by atoms with Crippen LogP contribution in [0.2, 0.25) is 0 Å². The van der Waals surface area contributed by atoms with E-state index in [-0.39, 0.29) is 24.4 Å². The second-order valence-electron chi connectivity index (χ2n) is 5.60. The van der Waals surface area contributed by atoms with Gasteiger partial charge < -0.3 is 10.6 Å². The van der Waals surface area contributed by atoms with Crippen LogP contribution in [-0.4, -0.2) is 36.5 Å². The second-order valence-corrected chi connectivity index (χ2v) is 5.60. The molecule has 1 aliphatic heterocycles. The molecule has 0 radical (unpaired) electrons. The first-order valence-electron chi connectivity index (χ1n) is 8.04. The molecular formula is C17H28ClN3O. The third kappa shape index (κ3) is 5.27. The molecule has 1 aliphatic rings. The van der Waals surface area contributed by atoms with E-state index in [2.05, 4.69) is 47.6 Å². The number of carbonyl (C=O) groups excluding carboxylic acids is 1. The van der Waals surface area contributed by atoms with Gasteiger partial charge in [0.15, 0.2) is 0 Å². The van der Waals surface area contributed by atoms with Gasteiger partial charge in [-0.25, -0.2) is 0 Å². The summed E-state index contributed by atoms with van der Waals surface area (Å²) in [7, 11) is 0. The minimum absolute atomic E-state index is 0. The molecule has 1 aromatic rings. The van der Waals surface area contributed by atoms with Crippen LogP contribution in [-0.2, 0) is 17.9 Å². The van der Waals surface area contributed by atoms with Gasteiger partial charge in [-0.3, -0.25) is 9.69 Å². The Kier molecular flexibility index (Phi) is 8.46. The van der Waals surface area contributed by atoms with E-state index in [9.17, 15) is 4.79 Å². The maximum atomic E-state index is 12.1. The van der Waals surface area contributed by atoms with Crippen molar-refractivity contribution >= 4 is 18.3 Å². The fourth-order valence-electron chi connectivity index (χ4n) is 2.79. The van der Waals surface area contributed by atoms with Gasteiger partial charge in [-0.1, -0.05) is 38.1 Å². The Morgan fingerprint density at radius 2 is 1.95 bits per heavy atom. The van der Waals surface area contributed by atoms with Gasteiger partial charge in [0.2, 0.25) is 5.91 Å². The molecule has 22 heavy (non-hydrogen) atoms. The van der Waals surface area contributed by atoms with Crippen molar-refractivity contribution in [3.63, 3.8) is 0 Å². The summed E-state index contributed by atoms with van der Waals surface area (Å²) in [6.07, 6.45) is 2.05. The highest BCUT2D eigenvalue weighted by Gasteiger charge is 2.21. The molecule has 1 aromatic carbocycles. The number of benzene rings is 1. The molecule has 0 aliphatic carbocycles. The Morgan fingerprint density at radius 1 is 1.27 bits per heavy atom. The molecule has 1 amide bonds.